The lowest BCUT2D eigenvalue weighted by Gasteiger charge is -2.10. The van der Waals surface area contributed by atoms with Gasteiger partial charge in [-0.2, -0.15) is 0 Å². The number of hydrogen-bond acceptors (Lipinski definition) is 4. The van der Waals surface area contributed by atoms with E-state index in [1.54, 1.807) is 48.5 Å². The number of carbonyl (C=O) groups excluding carboxylic acids is 1. The molecule has 0 radical (unpaired) electrons. The van der Waals surface area contributed by atoms with Crippen molar-refractivity contribution < 1.29 is 17.6 Å². The first-order valence-electron chi connectivity index (χ1n) is 9.01. The van der Waals surface area contributed by atoms with Crippen molar-refractivity contribution in [2.24, 2.45) is 0 Å². The van der Waals surface area contributed by atoms with E-state index in [9.17, 15) is 13.2 Å². The maximum absolute atomic E-state index is 12.8. The lowest BCUT2D eigenvalue weighted by Crippen LogP contribution is -2.14. The Morgan fingerprint density at radius 3 is 2.43 bits per heavy atom. The lowest BCUT2D eigenvalue weighted by molar-refractivity contribution is 0.0998. The van der Waals surface area contributed by atoms with Crippen LogP contribution in [0, 0.1) is 6.92 Å². The molecule has 1 heterocycles. The number of sulfonamides is 1. The third kappa shape index (κ3) is 4.10. The number of carbonyl (C=O) groups is 1. The summed E-state index contributed by atoms with van der Waals surface area (Å²) in [6.07, 6.45) is 0. The van der Waals surface area contributed by atoms with Crippen molar-refractivity contribution in [1.29, 1.82) is 0 Å². The van der Waals surface area contributed by atoms with Crippen molar-refractivity contribution in [3.8, 4) is 0 Å². The van der Waals surface area contributed by atoms with E-state index in [0.717, 1.165) is 15.4 Å². The molecule has 8 heteroatoms. The molecule has 4 aromatic rings. The molecule has 0 aliphatic carbocycles. The van der Waals surface area contributed by atoms with Crippen LogP contribution < -0.4 is 10.0 Å². The van der Waals surface area contributed by atoms with Crippen LogP contribution >= 0.6 is 15.9 Å². The predicted molar refractivity (Wildman–Crippen MR) is 120 cm³/mol. The van der Waals surface area contributed by atoms with Gasteiger partial charge in [0.1, 0.15) is 5.58 Å². The van der Waals surface area contributed by atoms with Crippen molar-refractivity contribution >= 4 is 54.2 Å². The number of fused-ring (bicyclic) bond motifs is 1. The molecule has 0 fully saturated rings. The summed E-state index contributed by atoms with van der Waals surface area (Å²) < 4.78 is 34.1. The average Bonchev–Trinajstić information content (AvgIpc) is 3.05. The maximum atomic E-state index is 12.8. The van der Waals surface area contributed by atoms with Crippen molar-refractivity contribution in [2.45, 2.75) is 11.8 Å². The number of halogens is 1. The van der Waals surface area contributed by atoms with Crippen LogP contribution in [0.25, 0.3) is 11.0 Å². The third-order valence-electron chi connectivity index (χ3n) is 4.53. The predicted octanol–water partition coefficient (Wildman–Crippen LogP) is 5.56. The van der Waals surface area contributed by atoms with E-state index in [1.165, 1.54) is 12.1 Å². The Morgan fingerprint density at radius 2 is 1.67 bits per heavy atom. The number of benzene rings is 3. The van der Waals surface area contributed by atoms with Crippen LogP contribution in [0.15, 0.2) is 86.6 Å². The van der Waals surface area contributed by atoms with Crippen LogP contribution in [-0.4, -0.2) is 14.3 Å². The first-order valence-corrected chi connectivity index (χ1v) is 11.3. The lowest BCUT2D eigenvalue weighted by atomic mass is 10.1. The highest BCUT2D eigenvalue weighted by atomic mass is 79.9. The van der Waals surface area contributed by atoms with E-state index >= 15 is 0 Å². The van der Waals surface area contributed by atoms with Gasteiger partial charge in [-0.15, -0.1) is 0 Å². The van der Waals surface area contributed by atoms with Gasteiger partial charge in [0.2, 0.25) is 0 Å². The molecule has 0 saturated heterocycles. The topological polar surface area (TPSA) is 88.4 Å². The van der Waals surface area contributed by atoms with Crippen LogP contribution in [0.1, 0.15) is 16.1 Å². The highest BCUT2D eigenvalue weighted by molar-refractivity contribution is 9.10. The number of amides is 1. The summed E-state index contributed by atoms with van der Waals surface area (Å²) in [5.74, 6) is -0.207. The highest BCUT2D eigenvalue weighted by Crippen LogP contribution is 2.29. The van der Waals surface area contributed by atoms with Crippen molar-refractivity contribution in [2.75, 3.05) is 10.0 Å². The number of furan rings is 1. The van der Waals surface area contributed by atoms with Gasteiger partial charge in [-0.3, -0.25) is 9.52 Å². The minimum atomic E-state index is -3.72. The molecule has 0 unspecified atom stereocenters. The molecule has 1 aromatic heterocycles. The quantitative estimate of drug-likeness (QED) is 0.388. The molecule has 2 N–H and O–H groups in total. The first-order chi connectivity index (χ1) is 14.3. The first kappa shape index (κ1) is 20.2. The number of rotatable bonds is 5. The van der Waals surface area contributed by atoms with Gasteiger partial charge in [-0.05, 0) is 55.5 Å². The Kier molecular flexibility index (Phi) is 5.36. The van der Waals surface area contributed by atoms with E-state index in [0.29, 0.717) is 17.0 Å². The van der Waals surface area contributed by atoms with Gasteiger partial charge >= 0.3 is 0 Å². The smallest absolute Gasteiger partial charge is 0.291 e. The molecule has 3 aromatic carbocycles. The SMILES string of the molecule is Cc1c(C(=O)Nc2cccc(NS(=O)(=O)c3ccccc3)c2)oc2ccc(Br)cc12. The Labute approximate surface area is 182 Å². The van der Waals surface area contributed by atoms with E-state index in [2.05, 4.69) is 26.0 Å². The van der Waals surface area contributed by atoms with E-state index < -0.39 is 15.9 Å². The summed E-state index contributed by atoms with van der Waals surface area (Å²) in [7, 11) is -3.72. The fraction of sp³-hybridized carbons (Fsp3) is 0.0455. The zero-order valence-electron chi connectivity index (χ0n) is 15.8. The Balaban J connectivity index is 1.56. The molecule has 4 rings (SSSR count). The molecule has 0 aliphatic rings. The molecular formula is C22H17BrN2O4S. The Morgan fingerprint density at radius 1 is 0.933 bits per heavy atom. The van der Waals surface area contributed by atoms with E-state index in [-0.39, 0.29) is 10.7 Å². The molecule has 0 spiro atoms. The molecular weight excluding hydrogens is 468 g/mol. The molecule has 1 amide bonds. The van der Waals surface area contributed by atoms with Gasteiger partial charge < -0.3 is 9.73 Å². The fourth-order valence-electron chi connectivity index (χ4n) is 3.07. The van der Waals surface area contributed by atoms with Gasteiger partial charge in [-0.25, -0.2) is 8.42 Å². The second-order valence-corrected chi connectivity index (χ2v) is 9.25. The zero-order chi connectivity index (χ0) is 21.3. The Bertz CT molecular complexity index is 1350. The van der Waals surface area contributed by atoms with Crippen LogP contribution in [0.4, 0.5) is 11.4 Å². The normalized spacial score (nSPS) is 11.4. The van der Waals surface area contributed by atoms with Crippen molar-refractivity contribution in [1.82, 2.24) is 0 Å². The highest BCUT2D eigenvalue weighted by Gasteiger charge is 2.19. The van der Waals surface area contributed by atoms with Crippen LogP contribution in [0.2, 0.25) is 0 Å². The van der Waals surface area contributed by atoms with Gasteiger partial charge in [0.15, 0.2) is 5.76 Å². The minimum absolute atomic E-state index is 0.156. The number of anilines is 2. The van der Waals surface area contributed by atoms with Crippen LogP contribution in [-0.2, 0) is 10.0 Å². The number of aryl methyl sites for hydroxylation is 1. The molecule has 0 bridgehead atoms. The summed E-state index contributed by atoms with van der Waals surface area (Å²) in [4.78, 5) is 12.9. The third-order valence-corrected chi connectivity index (χ3v) is 6.42. The van der Waals surface area contributed by atoms with Crippen LogP contribution in [0.3, 0.4) is 0 Å². The second kappa shape index (κ2) is 7.97. The van der Waals surface area contributed by atoms with E-state index in [4.69, 9.17) is 4.42 Å². The van der Waals surface area contributed by atoms with Crippen LogP contribution in [0.5, 0.6) is 0 Å². The summed E-state index contributed by atoms with van der Waals surface area (Å²) in [5, 5.41) is 3.61. The van der Waals surface area contributed by atoms with Gasteiger partial charge in [0.05, 0.1) is 10.6 Å². The number of hydrogen-bond donors (Lipinski definition) is 2. The fourth-order valence-corrected chi connectivity index (χ4v) is 4.50. The zero-order valence-corrected chi connectivity index (χ0v) is 18.2. The summed E-state index contributed by atoms with van der Waals surface area (Å²) in [6.45, 7) is 1.82. The second-order valence-electron chi connectivity index (χ2n) is 6.65. The molecule has 0 aliphatic heterocycles. The molecule has 0 saturated carbocycles. The molecule has 152 valence electrons. The van der Waals surface area contributed by atoms with Crippen molar-refractivity contribution in [3.63, 3.8) is 0 Å². The van der Waals surface area contributed by atoms with Gasteiger partial charge in [0.25, 0.3) is 15.9 Å². The molecule has 0 atom stereocenters. The summed E-state index contributed by atoms with van der Waals surface area (Å²) in [6, 6.07) is 20.1. The van der Waals surface area contributed by atoms with Gasteiger partial charge in [-0.1, -0.05) is 40.2 Å². The van der Waals surface area contributed by atoms with Crippen molar-refractivity contribution in [3.05, 3.63) is 88.6 Å². The standard InChI is InChI=1S/C22H17BrN2O4S/c1-14-19-12-15(23)10-11-20(19)29-21(14)22(26)24-16-6-5-7-17(13-16)25-30(27,28)18-8-3-2-4-9-18/h2-13,25H,1H3,(H,24,26). The Hall–Kier alpha value is -3.10. The monoisotopic (exact) mass is 484 g/mol. The summed E-state index contributed by atoms with van der Waals surface area (Å²) >= 11 is 3.42. The minimum Gasteiger partial charge on any atom is -0.451 e. The molecule has 30 heavy (non-hydrogen) atoms. The van der Waals surface area contributed by atoms with Gasteiger partial charge in [0, 0.05) is 21.1 Å². The average molecular weight is 485 g/mol. The van der Waals surface area contributed by atoms with E-state index in [1.807, 2.05) is 19.1 Å². The summed E-state index contributed by atoms with van der Waals surface area (Å²) in [5.41, 5.74) is 2.12. The largest absolute Gasteiger partial charge is 0.451 e. The maximum Gasteiger partial charge on any atom is 0.291 e. The number of nitrogens with one attached hydrogen (secondary N) is 2. The molecule has 6 nitrogen and oxygen atoms in total.